The van der Waals surface area contributed by atoms with Gasteiger partial charge in [0.05, 0.1) is 23.7 Å². The first-order valence-corrected chi connectivity index (χ1v) is 11.0. The Labute approximate surface area is 196 Å². The summed E-state index contributed by atoms with van der Waals surface area (Å²) in [6.07, 6.45) is 0.0103. The Kier molecular flexibility index (Phi) is 5.27. The summed E-state index contributed by atoms with van der Waals surface area (Å²) in [7, 11) is 0. The van der Waals surface area contributed by atoms with E-state index in [-0.39, 0.29) is 6.10 Å². The highest BCUT2D eigenvalue weighted by Crippen LogP contribution is 2.39. The fourth-order valence-corrected chi connectivity index (χ4v) is 4.13. The van der Waals surface area contributed by atoms with E-state index in [0.717, 1.165) is 35.5 Å². The molecule has 3 heterocycles. The van der Waals surface area contributed by atoms with Crippen LogP contribution in [0.3, 0.4) is 0 Å². The Morgan fingerprint density at radius 3 is 2.47 bits per heavy atom. The zero-order valence-electron chi connectivity index (χ0n) is 17.7. The van der Waals surface area contributed by atoms with Crippen molar-refractivity contribution in [3.8, 4) is 28.4 Å². The van der Waals surface area contributed by atoms with E-state index < -0.39 is 0 Å². The summed E-state index contributed by atoms with van der Waals surface area (Å²) in [5.41, 5.74) is 4.98. The maximum absolute atomic E-state index is 6.55. The molecule has 6 nitrogen and oxygen atoms in total. The van der Waals surface area contributed by atoms with Crippen LogP contribution in [0.2, 0.25) is 10.0 Å². The van der Waals surface area contributed by atoms with Crippen LogP contribution < -0.4 is 4.74 Å². The average molecular weight is 466 g/mol. The van der Waals surface area contributed by atoms with Gasteiger partial charge in [0, 0.05) is 16.3 Å². The Morgan fingerprint density at radius 1 is 1.06 bits per heavy atom. The van der Waals surface area contributed by atoms with Gasteiger partial charge in [0.25, 0.3) is 0 Å². The SMILES string of the molecule is C=C(C)N1CC(Oc2nc(C)nc3c(-c4ccc(Cl)cc4)c(-c4ccccc4Cl)nn23)C1. The van der Waals surface area contributed by atoms with Crippen molar-refractivity contribution in [2.24, 2.45) is 0 Å². The molecule has 8 heteroatoms. The van der Waals surface area contributed by atoms with Crippen LogP contribution in [0.25, 0.3) is 28.0 Å². The van der Waals surface area contributed by atoms with Crippen LogP contribution in [0, 0.1) is 6.92 Å². The van der Waals surface area contributed by atoms with Crippen molar-refractivity contribution in [1.82, 2.24) is 24.5 Å². The molecule has 32 heavy (non-hydrogen) atoms. The molecule has 0 aliphatic carbocycles. The summed E-state index contributed by atoms with van der Waals surface area (Å²) in [6.45, 7) is 9.36. The molecule has 0 bridgehead atoms. The number of ether oxygens (including phenoxy) is 1. The molecule has 0 saturated carbocycles. The van der Waals surface area contributed by atoms with Crippen molar-refractivity contribution in [2.45, 2.75) is 20.0 Å². The van der Waals surface area contributed by atoms with Gasteiger partial charge in [0.1, 0.15) is 17.6 Å². The lowest BCUT2D eigenvalue weighted by Crippen LogP contribution is -2.52. The number of likely N-dealkylation sites (tertiary alicyclic amines) is 1. The van der Waals surface area contributed by atoms with Gasteiger partial charge >= 0.3 is 6.01 Å². The van der Waals surface area contributed by atoms with E-state index in [1.807, 2.05) is 62.4 Å². The zero-order valence-corrected chi connectivity index (χ0v) is 19.2. The quantitative estimate of drug-likeness (QED) is 0.379. The first kappa shape index (κ1) is 20.8. The second-order valence-corrected chi connectivity index (χ2v) is 8.72. The van der Waals surface area contributed by atoms with E-state index in [1.165, 1.54) is 0 Å². The molecule has 2 aromatic heterocycles. The first-order chi connectivity index (χ1) is 15.4. The molecule has 0 radical (unpaired) electrons. The van der Waals surface area contributed by atoms with Gasteiger partial charge in [0.15, 0.2) is 5.65 Å². The van der Waals surface area contributed by atoms with E-state index in [0.29, 0.717) is 33.2 Å². The summed E-state index contributed by atoms with van der Waals surface area (Å²) in [6, 6.07) is 15.6. The van der Waals surface area contributed by atoms with Crippen LogP contribution in [0.1, 0.15) is 12.7 Å². The van der Waals surface area contributed by atoms with Crippen LogP contribution >= 0.6 is 23.2 Å². The Bertz CT molecular complexity index is 1330. The highest BCUT2D eigenvalue weighted by molar-refractivity contribution is 6.33. The molecule has 0 unspecified atom stereocenters. The number of hydrogen-bond donors (Lipinski definition) is 0. The number of halogens is 2. The molecule has 0 atom stereocenters. The molecule has 162 valence electrons. The van der Waals surface area contributed by atoms with Gasteiger partial charge in [-0.15, -0.1) is 0 Å². The smallest absolute Gasteiger partial charge is 0.321 e. The van der Waals surface area contributed by atoms with Crippen LogP contribution in [-0.2, 0) is 0 Å². The monoisotopic (exact) mass is 465 g/mol. The van der Waals surface area contributed by atoms with Gasteiger partial charge in [-0.1, -0.05) is 60.1 Å². The molecule has 0 N–H and O–H groups in total. The van der Waals surface area contributed by atoms with Crippen molar-refractivity contribution in [3.63, 3.8) is 0 Å². The van der Waals surface area contributed by atoms with E-state index >= 15 is 0 Å². The van der Waals surface area contributed by atoms with E-state index in [9.17, 15) is 0 Å². The number of aromatic nitrogens is 4. The number of rotatable bonds is 5. The number of benzene rings is 2. The number of fused-ring (bicyclic) bond motifs is 1. The summed E-state index contributed by atoms with van der Waals surface area (Å²) >= 11 is 12.7. The second kappa shape index (κ2) is 8.11. The minimum absolute atomic E-state index is 0.0103. The minimum atomic E-state index is 0.0103. The van der Waals surface area contributed by atoms with Crippen LogP contribution in [-0.4, -0.2) is 43.7 Å². The van der Waals surface area contributed by atoms with Gasteiger partial charge in [-0.25, -0.2) is 4.98 Å². The molecule has 5 rings (SSSR count). The highest BCUT2D eigenvalue weighted by Gasteiger charge is 2.30. The molecule has 2 aromatic carbocycles. The van der Waals surface area contributed by atoms with Crippen LogP contribution in [0.5, 0.6) is 6.01 Å². The minimum Gasteiger partial charge on any atom is -0.456 e. The number of allylic oxidation sites excluding steroid dienone is 1. The molecular weight excluding hydrogens is 445 g/mol. The van der Waals surface area contributed by atoms with Crippen molar-refractivity contribution < 1.29 is 4.74 Å². The zero-order chi connectivity index (χ0) is 22.4. The summed E-state index contributed by atoms with van der Waals surface area (Å²) in [5, 5.41) is 6.13. The molecular formula is C24H21Cl2N5O. The van der Waals surface area contributed by atoms with Gasteiger partial charge < -0.3 is 9.64 Å². The Hall–Kier alpha value is -3.09. The summed E-state index contributed by atoms with van der Waals surface area (Å²) < 4.78 is 7.89. The lowest BCUT2D eigenvalue weighted by Gasteiger charge is -2.40. The third kappa shape index (κ3) is 3.70. The summed E-state index contributed by atoms with van der Waals surface area (Å²) in [4.78, 5) is 11.4. The van der Waals surface area contributed by atoms with Crippen molar-refractivity contribution in [2.75, 3.05) is 13.1 Å². The van der Waals surface area contributed by atoms with E-state index in [1.54, 1.807) is 4.52 Å². The average Bonchev–Trinajstić information content (AvgIpc) is 3.10. The molecule has 1 aliphatic heterocycles. The van der Waals surface area contributed by atoms with Crippen LogP contribution in [0.4, 0.5) is 0 Å². The first-order valence-electron chi connectivity index (χ1n) is 10.3. The Morgan fingerprint density at radius 2 is 1.78 bits per heavy atom. The standard InChI is InChI=1S/C24H21Cl2N5O/c1-14(2)30-12-18(13-30)32-24-28-15(3)27-23-21(16-8-10-17(25)11-9-16)22(29-31(23)24)19-6-4-5-7-20(19)26/h4-11,18H,1,12-13H2,2-3H3. The number of hydrogen-bond acceptors (Lipinski definition) is 5. The van der Waals surface area contributed by atoms with Gasteiger partial charge in [0.2, 0.25) is 0 Å². The highest BCUT2D eigenvalue weighted by atomic mass is 35.5. The van der Waals surface area contributed by atoms with Crippen molar-refractivity contribution in [3.05, 3.63) is 76.7 Å². The normalized spacial score (nSPS) is 13.9. The predicted octanol–water partition coefficient (Wildman–Crippen LogP) is 5.67. The lowest BCUT2D eigenvalue weighted by atomic mass is 10.0. The maximum atomic E-state index is 6.55. The largest absolute Gasteiger partial charge is 0.456 e. The van der Waals surface area contributed by atoms with Crippen molar-refractivity contribution >= 4 is 28.8 Å². The fourth-order valence-electron chi connectivity index (χ4n) is 3.78. The van der Waals surface area contributed by atoms with Crippen molar-refractivity contribution in [1.29, 1.82) is 0 Å². The molecule has 1 fully saturated rings. The molecule has 4 aromatic rings. The maximum Gasteiger partial charge on any atom is 0.321 e. The fraction of sp³-hybridized carbons (Fsp3) is 0.208. The van der Waals surface area contributed by atoms with Gasteiger partial charge in [-0.05, 0) is 37.6 Å². The van der Waals surface area contributed by atoms with Gasteiger partial charge in [-0.3, -0.25) is 0 Å². The summed E-state index contributed by atoms with van der Waals surface area (Å²) in [5.74, 6) is 0.601. The Balaban J connectivity index is 1.68. The van der Waals surface area contributed by atoms with E-state index in [2.05, 4.69) is 16.5 Å². The molecule has 0 spiro atoms. The topological polar surface area (TPSA) is 55.5 Å². The third-order valence-corrected chi connectivity index (χ3v) is 6.07. The van der Waals surface area contributed by atoms with Gasteiger partial charge in [-0.2, -0.15) is 14.6 Å². The molecule has 0 amide bonds. The molecule has 1 saturated heterocycles. The third-order valence-electron chi connectivity index (χ3n) is 5.49. The van der Waals surface area contributed by atoms with Crippen LogP contribution in [0.15, 0.2) is 60.8 Å². The predicted molar refractivity (Wildman–Crippen MR) is 127 cm³/mol. The molecule has 1 aliphatic rings. The number of aryl methyl sites for hydroxylation is 1. The second-order valence-electron chi connectivity index (χ2n) is 7.88. The lowest BCUT2D eigenvalue weighted by molar-refractivity contribution is 0.0354. The van der Waals surface area contributed by atoms with E-state index in [4.69, 9.17) is 38.0 Å². The number of nitrogens with zero attached hydrogens (tertiary/aromatic N) is 5.